The summed E-state index contributed by atoms with van der Waals surface area (Å²) in [6.07, 6.45) is 4.62. The van der Waals surface area contributed by atoms with Gasteiger partial charge in [-0.1, -0.05) is 54.6 Å². The van der Waals surface area contributed by atoms with Crippen molar-refractivity contribution in [3.8, 4) is 0 Å². The van der Waals surface area contributed by atoms with Gasteiger partial charge in [-0.3, -0.25) is 4.79 Å². The number of ketones is 1. The van der Waals surface area contributed by atoms with Crippen LogP contribution in [0.3, 0.4) is 0 Å². The molecule has 1 atom stereocenters. The van der Waals surface area contributed by atoms with E-state index in [-0.39, 0.29) is 11.7 Å². The summed E-state index contributed by atoms with van der Waals surface area (Å²) in [5.41, 5.74) is 2.16. The molecule has 0 radical (unpaired) electrons. The van der Waals surface area contributed by atoms with Crippen LogP contribution >= 0.6 is 0 Å². The van der Waals surface area contributed by atoms with Crippen molar-refractivity contribution in [1.82, 2.24) is 0 Å². The zero-order valence-electron chi connectivity index (χ0n) is 9.94. The van der Waals surface area contributed by atoms with Gasteiger partial charge < -0.3 is 0 Å². The standard InChI is InChI=1S/C15H18O/c1-12(2)9-10-15(13(3)16)11-14-7-5-4-6-8-14/h4-10,15H,1,11H2,2-3H3/b10-9+/t15-/m1/s1. The van der Waals surface area contributed by atoms with Crippen LogP contribution in [-0.4, -0.2) is 5.78 Å². The zero-order chi connectivity index (χ0) is 12.0. The third kappa shape index (κ3) is 4.26. The monoisotopic (exact) mass is 214 g/mol. The molecule has 0 heterocycles. The molecule has 0 spiro atoms. The first kappa shape index (κ1) is 12.4. The maximum atomic E-state index is 11.5. The molecule has 1 aromatic carbocycles. The zero-order valence-corrected chi connectivity index (χ0v) is 9.94. The molecule has 0 aliphatic carbocycles. The smallest absolute Gasteiger partial charge is 0.136 e. The highest BCUT2D eigenvalue weighted by molar-refractivity contribution is 5.80. The van der Waals surface area contributed by atoms with E-state index >= 15 is 0 Å². The van der Waals surface area contributed by atoms with Crippen molar-refractivity contribution < 1.29 is 4.79 Å². The number of hydrogen-bond acceptors (Lipinski definition) is 1. The Morgan fingerprint density at radius 3 is 2.44 bits per heavy atom. The first-order chi connectivity index (χ1) is 7.59. The van der Waals surface area contributed by atoms with Gasteiger partial charge in [-0.05, 0) is 25.8 Å². The van der Waals surface area contributed by atoms with Gasteiger partial charge in [0, 0.05) is 5.92 Å². The van der Waals surface area contributed by atoms with E-state index in [0.717, 1.165) is 12.0 Å². The number of benzene rings is 1. The van der Waals surface area contributed by atoms with Gasteiger partial charge >= 0.3 is 0 Å². The minimum absolute atomic E-state index is 0.0425. The van der Waals surface area contributed by atoms with E-state index in [2.05, 4.69) is 6.58 Å². The largest absolute Gasteiger partial charge is 0.299 e. The van der Waals surface area contributed by atoms with E-state index in [1.54, 1.807) is 6.92 Å². The van der Waals surface area contributed by atoms with Crippen molar-refractivity contribution in [2.24, 2.45) is 5.92 Å². The fourth-order valence-electron chi connectivity index (χ4n) is 1.50. The molecule has 0 unspecified atom stereocenters. The van der Waals surface area contributed by atoms with Gasteiger partial charge in [-0.15, -0.1) is 0 Å². The van der Waals surface area contributed by atoms with Crippen LogP contribution in [0.4, 0.5) is 0 Å². The van der Waals surface area contributed by atoms with Gasteiger partial charge in [0.05, 0.1) is 0 Å². The summed E-state index contributed by atoms with van der Waals surface area (Å²) in [5.74, 6) is 0.153. The number of carbonyl (C=O) groups excluding carboxylic acids is 1. The minimum Gasteiger partial charge on any atom is -0.299 e. The van der Waals surface area contributed by atoms with Crippen LogP contribution in [0.25, 0.3) is 0 Å². The lowest BCUT2D eigenvalue weighted by atomic mass is 9.95. The lowest BCUT2D eigenvalue weighted by Gasteiger charge is -2.08. The molecule has 0 amide bonds. The summed E-state index contributed by atoms with van der Waals surface area (Å²) in [5, 5.41) is 0. The van der Waals surface area contributed by atoms with E-state index in [1.165, 1.54) is 5.56 Å². The molecule has 0 aliphatic rings. The summed E-state index contributed by atoms with van der Waals surface area (Å²) in [6, 6.07) is 10.1. The number of rotatable bonds is 5. The predicted octanol–water partition coefficient (Wildman–Crippen LogP) is 3.57. The highest BCUT2D eigenvalue weighted by Gasteiger charge is 2.10. The van der Waals surface area contributed by atoms with Crippen LogP contribution in [0.1, 0.15) is 19.4 Å². The van der Waals surface area contributed by atoms with Crippen molar-refractivity contribution in [2.45, 2.75) is 20.3 Å². The second-order valence-electron chi connectivity index (χ2n) is 4.11. The molecule has 0 aliphatic heterocycles. The Labute approximate surface area is 97.5 Å². The highest BCUT2D eigenvalue weighted by Crippen LogP contribution is 2.12. The van der Waals surface area contributed by atoms with Crippen molar-refractivity contribution >= 4 is 5.78 Å². The number of Topliss-reactive ketones (excluding diaryl/α,β-unsaturated/α-hetero) is 1. The first-order valence-corrected chi connectivity index (χ1v) is 5.47. The second-order valence-corrected chi connectivity index (χ2v) is 4.11. The molecule has 16 heavy (non-hydrogen) atoms. The Kier molecular flexibility index (Phi) is 4.71. The van der Waals surface area contributed by atoms with E-state index in [0.29, 0.717) is 0 Å². The molecule has 0 aromatic heterocycles. The van der Waals surface area contributed by atoms with Crippen LogP contribution in [0.5, 0.6) is 0 Å². The van der Waals surface area contributed by atoms with Gasteiger partial charge in [-0.25, -0.2) is 0 Å². The van der Waals surface area contributed by atoms with Crippen molar-refractivity contribution in [1.29, 1.82) is 0 Å². The maximum Gasteiger partial charge on any atom is 0.136 e. The Morgan fingerprint density at radius 2 is 1.94 bits per heavy atom. The molecule has 0 N–H and O–H groups in total. The predicted molar refractivity (Wildman–Crippen MR) is 68.3 cm³/mol. The quantitative estimate of drug-likeness (QED) is 0.685. The maximum absolute atomic E-state index is 11.5. The summed E-state index contributed by atoms with van der Waals surface area (Å²) in [4.78, 5) is 11.5. The van der Waals surface area contributed by atoms with Crippen LogP contribution in [-0.2, 0) is 11.2 Å². The summed E-state index contributed by atoms with van der Waals surface area (Å²) in [6.45, 7) is 7.36. The van der Waals surface area contributed by atoms with Gasteiger partial charge in [0.2, 0.25) is 0 Å². The Balaban J connectivity index is 2.73. The average Bonchev–Trinajstić information content (AvgIpc) is 2.25. The first-order valence-electron chi connectivity index (χ1n) is 5.47. The number of allylic oxidation sites excluding steroid dienone is 3. The molecule has 1 heteroatoms. The van der Waals surface area contributed by atoms with Crippen molar-refractivity contribution in [3.05, 3.63) is 60.2 Å². The molecule has 1 rings (SSSR count). The fourth-order valence-corrected chi connectivity index (χ4v) is 1.50. The van der Waals surface area contributed by atoms with E-state index in [9.17, 15) is 4.79 Å². The summed E-state index contributed by atoms with van der Waals surface area (Å²) >= 11 is 0. The molecular formula is C15H18O. The average molecular weight is 214 g/mol. The molecular weight excluding hydrogens is 196 g/mol. The molecule has 1 nitrogen and oxygen atoms in total. The van der Waals surface area contributed by atoms with Gasteiger partial charge in [0.25, 0.3) is 0 Å². The lowest BCUT2D eigenvalue weighted by molar-refractivity contribution is -0.119. The van der Waals surface area contributed by atoms with Gasteiger partial charge in [0.1, 0.15) is 5.78 Å². The van der Waals surface area contributed by atoms with Crippen LogP contribution in [0.2, 0.25) is 0 Å². The molecule has 0 saturated carbocycles. The van der Waals surface area contributed by atoms with Crippen LogP contribution < -0.4 is 0 Å². The van der Waals surface area contributed by atoms with Crippen molar-refractivity contribution in [3.63, 3.8) is 0 Å². The molecule has 0 fully saturated rings. The molecule has 1 aromatic rings. The second kappa shape index (κ2) is 6.06. The lowest BCUT2D eigenvalue weighted by Crippen LogP contribution is -2.11. The molecule has 84 valence electrons. The van der Waals surface area contributed by atoms with Gasteiger partial charge in [-0.2, -0.15) is 0 Å². The van der Waals surface area contributed by atoms with Crippen LogP contribution in [0.15, 0.2) is 54.6 Å². The SMILES string of the molecule is C=C(C)/C=C/[C@H](Cc1ccccc1)C(C)=O. The fraction of sp³-hybridized carbons (Fsp3) is 0.267. The van der Waals surface area contributed by atoms with Crippen molar-refractivity contribution in [2.75, 3.05) is 0 Å². The van der Waals surface area contributed by atoms with Gasteiger partial charge in [0.15, 0.2) is 0 Å². The normalized spacial score (nSPS) is 12.6. The van der Waals surface area contributed by atoms with Crippen LogP contribution in [0, 0.1) is 5.92 Å². The van der Waals surface area contributed by atoms with E-state index in [1.807, 2.05) is 49.4 Å². The Hall–Kier alpha value is -1.63. The minimum atomic E-state index is -0.0425. The number of hydrogen-bond donors (Lipinski definition) is 0. The number of carbonyl (C=O) groups is 1. The molecule has 0 saturated heterocycles. The third-order valence-corrected chi connectivity index (χ3v) is 2.43. The third-order valence-electron chi connectivity index (χ3n) is 2.43. The Morgan fingerprint density at radius 1 is 1.31 bits per heavy atom. The molecule has 0 bridgehead atoms. The Bertz CT molecular complexity index is 387. The topological polar surface area (TPSA) is 17.1 Å². The van der Waals surface area contributed by atoms with E-state index in [4.69, 9.17) is 0 Å². The summed E-state index contributed by atoms with van der Waals surface area (Å²) in [7, 11) is 0. The van der Waals surface area contributed by atoms with E-state index < -0.39 is 0 Å². The summed E-state index contributed by atoms with van der Waals surface area (Å²) < 4.78 is 0. The highest BCUT2D eigenvalue weighted by atomic mass is 16.1.